The zero-order valence-electron chi connectivity index (χ0n) is 27.1. The minimum absolute atomic E-state index is 0.711. The highest BCUT2D eigenvalue weighted by Gasteiger charge is 2.56. The van der Waals surface area contributed by atoms with Gasteiger partial charge in [-0.1, -0.05) is 140 Å². The number of furan rings is 1. The van der Waals surface area contributed by atoms with Crippen molar-refractivity contribution in [3.05, 3.63) is 193 Å². The highest BCUT2D eigenvalue weighted by Crippen LogP contribution is 2.63. The lowest BCUT2D eigenvalue weighted by Gasteiger charge is -2.55. The van der Waals surface area contributed by atoms with E-state index in [1.54, 1.807) is 0 Å². The summed E-state index contributed by atoms with van der Waals surface area (Å²) >= 11 is 0. The van der Waals surface area contributed by atoms with Gasteiger partial charge in [-0.05, 0) is 64.5 Å². The lowest BCUT2D eigenvalue weighted by atomic mass is 9.84. The first kappa shape index (κ1) is 27.4. The third kappa shape index (κ3) is 3.48. The van der Waals surface area contributed by atoms with E-state index in [1.807, 2.05) is 6.07 Å². The number of nitrogens with zero attached hydrogens (tertiary/aromatic N) is 2. The first-order chi connectivity index (χ1) is 24.8. The maximum atomic E-state index is 6.60. The summed E-state index contributed by atoms with van der Waals surface area (Å²) in [6.45, 7) is 0. The zero-order chi connectivity index (χ0) is 32.8. The lowest BCUT2D eigenvalue weighted by molar-refractivity contribution is 0.541. The zero-order valence-corrected chi connectivity index (χ0v) is 27.1. The predicted molar refractivity (Wildman–Crippen MR) is 206 cm³/mol. The van der Waals surface area contributed by atoms with E-state index in [1.165, 1.54) is 44.4 Å². The number of fused-ring (bicyclic) bond motifs is 8. The van der Waals surface area contributed by atoms with Crippen molar-refractivity contribution in [2.75, 3.05) is 9.80 Å². The van der Waals surface area contributed by atoms with Crippen molar-refractivity contribution < 1.29 is 4.42 Å². The molecular weight excluding hydrogens is 609 g/mol. The monoisotopic (exact) mass is 638 g/mol. The first-order valence-electron chi connectivity index (χ1n) is 17.2. The Hall–Kier alpha value is -6.58. The van der Waals surface area contributed by atoms with E-state index in [9.17, 15) is 0 Å². The highest BCUT2D eigenvalue weighted by molar-refractivity contribution is 6.18. The number of benzene rings is 8. The summed E-state index contributed by atoms with van der Waals surface area (Å²) in [4.78, 5) is 5.18. The van der Waals surface area contributed by atoms with Crippen LogP contribution in [0, 0.1) is 0 Å². The number of rotatable bonds is 3. The molecule has 9 aromatic rings. The van der Waals surface area contributed by atoms with Crippen LogP contribution >= 0.6 is 0 Å². The number of anilines is 4. The summed E-state index contributed by atoms with van der Waals surface area (Å²) in [5.74, 6) is 0. The molecule has 0 fully saturated rings. The van der Waals surface area contributed by atoms with Crippen molar-refractivity contribution in [1.29, 1.82) is 0 Å². The van der Waals surface area contributed by atoms with Crippen molar-refractivity contribution in [3.63, 3.8) is 0 Å². The van der Waals surface area contributed by atoms with E-state index in [2.05, 4.69) is 186 Å². The molecule has 3 nitrogen and oxygen atoms in total. The minimum atomic E-state index is -0.711. The van der Waals surface area contributed by atoms with Crippen LogP contribution in [0.3, 0.4) is 0 Å². The Morgan fingerprint density at radius 2 is 0.880 bits per heavy atom. The Morgan fingerprint density at radius 1 is 0.360 bits per heavy atom. The van der Waals surface area contributed by atoms with Gasteiger partial charge >= 0.3 is 0 Å². The second-order valence-electron chi connectivity index (χ2n) is 13.2. The van der Waals surface area contributed by atoms with E-state index < -0.39 is 5.66 Å². The summed E-state index contributed by atoms with van der Waals surface area (Å²) in [6.07, 6.45) is 0. The second-order valence-corrected chi connectivity index (χ2v) is 13.2. The highest BCUT2D eigenvalue weighted by atomic mass is 16.3. The van der Waals surface area contributed by atoms with Gasteiger partial charge in [-0.15, -0.1) is 0 Å². The van der Waals surface area contributed by atoms with Gasteiger partial charge in [0.25, 0.3) is 0 Å². The van der Waals surface area contributed by atoms with Gasteiger partial charge in [0.05, 0.1) is 11.4 Å². The molecule has 2 aliphatic rings. The Bertz CT molecular complexity index is 2680. The molecule has 0 N–H and O–H groups in total. The average Bonchev–Trinajstić information content (AvgIpc) is 3.70. The van der Waals surface area contributed by atoms with Gasteiger partial charge in [0.1, 0.15) is 11.2 Å². The van der Waals surface area contributed by atoms with Crippen LogP contribution in [-0.4, -0.2) is 0 Å². The molecule has 1 aliphatic heterocycles. The van der Waals surface area contributed by atoms with Gasteiger partial charge in [0.15, 0.2) is 5.66 Å². The summed E-state index contributed by atoms with van der Waals surface area (Å²) in [7, 11) is 0. The van der Waals surface area contributed by atoms with Gasteiger partial charge < -0.3 is 14.2 Å². The fourth-order valence-electron chi connectivity index (χ4n) is 8.86. The van der Waals surface area contributed by atoms with Gasteiger partial charge in [0.2, 0.25) is 0 Å². The van der Waals surface area contributed by atoms with Crippen LogP contribution in [-0.2, 0) is 5.66 Å². The van der Waals surface area contributed by atoms with Crippen LogP contribution in [0.5, 0.6) is 0 Å². The molecule has 0 bridgehead atoms. The molecule has 50 heavy (non-hydrogen) atoms. The molecule has 0 atom stereocenters. The first-order valence-corrected chi connectivity index (χ1v) is 17.2. The molecule has 234 valence electrons. The van der Waals surface area contributed by atoms with E-state index >= 15 is 0 Å². The van der Waals surface area contributed by atoms with Crippen LogP contribution in [0.25, 0.3) is 55.0 Å². The van der Waals surface area contributed by atoms with Crippen LogP contribution in [0.2, 0.25) is 0 Å². The Morgan fingerprint density at radius 3 is 1.58 bits per heavy atom. The molecule has 0 unspecified atom stereocenters. The molecule has 3 heteroatoms. The molecule has 8 aromatic carbocycles. The minimum Gasteiger partial charge on any atom is -0.455 e. The van der Waals surface area contributed by atoms with Crippen molar-refractivity contribution in [2.24, 2.45) is 0 Å². The summed E-state index contributed by atoms with van der Waals surface area (Å²) < 4.78 is 6.60. The predicted octanol–water partition coefficient (Wildman–Crippen LogP) is 12.6. The van der Waals surface area contributed by atoms with Crippen molar-refractivity contribution in [3.8, 4) is 22.3 Å². The van der Waals surface area contributed by atoms with Crippen molar-refractivity contribution >= 4 is 55.5 Å². The summed E-state index contributed by atoms with van der Waals surface area (Å²) in [6, 6.07) is 66.0. The Balaban J connectivity index is 1.30. The summed E-state index contributed by atoms with van der Waals surface area (Å²) in [5, 5.41) is 4.66. The topological polar surface area (TPSA) is 19.6 Å². The van der Waals surface area contributed by atoms with Gasteiger partial charge in [0, 0.05) is 44.2 Å². The third-order valence-corrected chi connectivity index (χ3v) is 10.7. The fourth-order valence-corrected chi connectivity index (χ4v) is 8.86. The van der Waals surface area contributed by atoms with Crippen molar-refractivity contribution in [2.45, 2.75) is 5.66 Å². The van der Waals surface area contributed by atoms with E-state index in [0.717, 1.165) is 44.4 Å². The molecule has 0 radical (unpaired) electrons. The normalized spacial score (nSPS) is 14.1. The third-order valence-electron chi connectivity index (χ3n) is 10.7. The molecule has 0 saturated heterocycles. The standard InChI is InChI=1S/C47H30N2O/c1-3-15-31(16-4-1)48-42-27-14-22-37-33(38-23-13-24-39-36-21-9-12-28-44(36)50-46(38)39)29-30-43(45(37)42)49(32-17-5-2-6-18-32)47(48)40-25-10-7-19-34(40)35-20-8-11-26-41(35)47/h1-30H. The van der Waals surface area contributed by atoms with Crippen LogP contribution in [0.15, 0.2) is 186 Å². The number of hydrogen-bond donors (Lipinski definition) is 0. The van der Waals surface area contributed by atoms with Crippen LogP contribution < -0.4 is 9.80 Å². The Kier molecular flexibility index (Phi) is 5.59. The molecule has 1 spiro atoms. The maximum Gasteiger partial charge on any atom is 0.176 e. The average molecular weight is 639 g/mol. The SMILES string of the molecule is c1ccc(N2c3cccc4c(-c5cccc6c5oc5ccccc56)ccc(c34)N(c3ccccc3)C23c2ccccc2-c2ccccc23)cc1. The van der Waals surface area contributed by atoms with Crippen molar-refractivity contribution in [1.82, 2.24) is 0 Å². The van der Waals surface area contributed by atoms with Gasteiger partial charge in [-0.3, -0.25) is 0 Å². The largest absolute Gasteiger partial charge is 0.455 e. The van der Waals surface area contributed by atoms with Gasteiger partial charge in [-0.2, -0.15) is 0 Å². The maximum absolute atomic E-state index is 6.60. The van der Waals surface area contributed by atoms with E-state index in [0.29, 0.717) is 0 Å². The summed E-state index contributed by atoms with van der Waals surface area (Å²) in [5.41, 5.74) is 13.0. The van der Waals surface area contributed by atoms with Gasteiger partial charge in [-0.25, -0.2) is 0 Å². The second kappa shape index (κ2) is 10.2. The van der Waals surface area contributed by atoms with E-state index in [-0.39, 0.29) is 0 Å². The molecule has 1 aliphatic carbocycles. The molecule has 0 amide bonds. The smallest absolute Gasteiger partial charge is 0.176 e. The molecule has 0 saturated carbocycles. The molecule has 11 rings (SSSR count). The quantitative estimate of drug-likeness (QED) is 0.192. The lowest BCUT2D eigenvalue weighted by Crippen LogP contribution is -2.57. The molecule has 2 heterocycles. The number of hydrogen-bond acceptors (Lipinski definition) is 3. The Labute approximate surface area is 289 Å². The van der Waals surface area contributed by atoms with Crippen LogP contribution in [0.4, 0.5) is 22.7 Å². The molecule has 1 aromatic heterocycles. The van der Waals surface area contributed by atoms with E-state index in [4.69, 9.17) is 4.42 Å². The fraction of sp³-hybridized carbons (Fsp3) is 0.0213. The molecular formula is C47H30N2O. The van der Waals surface area contributed by atoms with Crippen LogP contribution in [0.1, 0.15) is 11.1 Å². The number of para-hydroxylation sites is 4.